The van der Waals surface area contributed by atoms with E-state index in [9.17, 15) is 0 Å². The van der Waals surface area contributed by atoms with Crippen LogP contribution in [0.2, 0.25) is 0 Å². The average Bonchev–Trinajstić information content (AvgIpc) is 2.88. The fourth-order valence-corrected chi connectivity index (χ4v) is 4.25. The Hall–Kier alpha value is -0.830. The third kappa shape index (κ3) is 7.42. The lowest BCUT2D eigenvalue weighted by molar-refractivity contribution is 0.110. The first kappa shape index (κ1) is 26.2. The topological polar surface area (TPSA) is 57.5 Å². The molecule has 7 heteroatoms. The molecule has 29 heavy (non-hydrogen) atoms. The molecule has 1 aromatic rings. The lowest BCUT2D eigenvalue weighted by atomic mass is 9.94. The van der Waals surface area contributed by atoms with Crippen molar-refractivity contribution in [3.63, 3.8) is 0 Å². The van der Waals surface area contributed by atoms with Crippen LogP contribution in [0.1, 0.15) is 57.5 Å². The quantitative estimate of drug-likeness (QED) is 0.330. The third-order valence-electron chi connectivity index (χ3n) is 6.31. The summed E-state index contributed by atoms with van der Waals surface area (Å²) in [6.07, 6.45) is 3.58. The number of aryl methyl sites for hydroxylation is 2. The smallest absolute Gasteiger partial charge is 0.191 e. The number of guanidine groups is 1. The van der Waals surface area contributed by atoms with Gasteiger partial charge in [-0.3, -0.25) is 14.6 Å². The van der Waals surface area contributed by atoms with Gasteiger partial charge in [-0.1, -0.05) is 20.8 Å². The normalized spacial score (nSPS) is 18.4. The van der Waals surface area contributed by atoms with Crippen LogP contribution in [0, 0.1) is 25.7 Å². The van der Waals surface area contributed by atoms with Gasteiger partial charge in [0.25, 0.3) is 0 Å². The van der Waals surface area contributed by atoms with Crippen LogP contribution in [-0.2, 0) is 13.5 Å². The van der Waals surface area contributed by atoms with Crippen LogP contribution < -0.4 is 10.6 Å². The molecule has 0 saturated carbocycles. The second-order valence-electron chi connectivity index (χ2n) is 9.01. The molecule has 6 nitrogen and oxygen atoms in total. The molecule has 0 spiro atoms. The van der Waals surface area contributed by atoms with E-state index in [1.165, 1.54) is 37.2 Å². The van der Waals surface area contributed by atoms with E-state index in [4.69, 9.17) is 0 Å². The lowest BCUT2D eigenvalue weighted by Crippen LogP contribution is -2.52. The van der Waals surface area contributed by atoms with Gasteiger partial charge in [-0.15, -0.1) is 24.0 Å². The molecule has 1 saturated heterocycles. The zero-order valence-corrected chi connectivity index (χ0v) is 22.1. The number of likely N-dealkylation sites (tertiary alicyclic amines) is 1. The van der Waals surface area contributed by atoms with Crippen LogP contribution in [0.4, 0.5) is 0 Å². The molecular weight excluding hydrogens is 475 g/mol. The molecule has 0 aliphatic carbocycles. The van der Waals surface area contributed by atoms with Crippen molar-refractivity contribution in [2.75, 3.05) is 26.7 Å². The highest BCUT2D eigenvalue weighted by molar-refractivity contribution is 14.0. The minimum atomic E-state index is 0. The molecule has 2 atom stereocenters. The van der Waals surface area contributed by atoms with Crippen molar-refractivity contribution in [1.82, 2.24) is 25.3 Å². The second-order valence-corrected chi connectivity index (χ2v) is 9.01. The van der Waals surface area contributed by atoms with Gasteiger partial charge in [-0.2, -0.15) is 5.10 Å². The van der Waals surface area contributed by atoms with Gasteiger partial charge in [-0.25, -0.2) is 0 Å². The first-order valence-electron chi connectivity index (χ1n) is 10.9. The Labute approximate surface area is 195 Å². The van der Waals surface area contributed by atoms with E-state index < -0.39 is 0 Å². The highest BCUT2D eigenvalue weighted by Gasteiger charge is 2.25. The van der Waals surface area contributed by atoms with Gasteiger partial charge in [-0.05, 0) is 70.5 Å². The molecule has 0 bridgehead atoms. The van der Waals surface area contributed by atoms with Crippen molar-refractivity contribution in [3.8, 4) is 0 Å². The van der Waals surface area contributed by atoms with E-state index in [-0.39, 0.29) is 24.0 Å². The minimum Gasteiger partial charge on any atom is -0.355 e. The van der Waals surface area contributed by atoms with Crippen LogP contribution in [-0.4, -0.2) is 59.4 Å². The summed E-state index contributed by atoms with van der Waals surface area (Å²) in [7, 11) is 3.87. The number of hydrogen-bond acceptors (Lipinski definition) is 3. The van der Waals surface area contributed by atoms with Gasteiger partial charge in [0.1, 0.15) is 0 Å². The van der Waals surface area contributed by atoms with Crippen molar-refractivity contribution in [3.05, 3.63) is 17.0 Å². The van der Waals surface area contributed by atoms with Crippen molar-refractivity contribution >= 4 is 29.9 Å². The van der Waals surface area contributed by atoms with Crippen LogP contribution in [0.5, 0.6) is 0 Å². The summed E-state index contributed by atoms with van der Waals surface area (Å²) in [5.74, 6) is 2.38. The molecule has 1 aliphatic heterocycles. The Morgan fingerprint density at radius 1 is 1.21 bits per heavy atom. The fraction of sp³-hybridized carbons (Fsp3) is 0.818. The molecule has 0 radical (unpaired) electrons. The van der Waals surface area contributed by atoms with Crippen molar-refractivity contribution in [2.45, 2.75) is 72.9 Å². The fourth-order valence-electron chi connectivity index (χ4n) is 4.25. The maximum atomic E-state index is 4.54. The molecule has 1 aromatic heterocycles. The first-order chi connectivity index (χ1) is 13.2. The maximum absolute atomic E-state index is 4.54. The van der Waals surface area contributed by atoms with E-state index in [0.717, 1.165) is 30.5 Å². The largest absolute Gasteiger partial charge is 0.355 e. The summed E-state index contributed by atoms with van der Waals surface area (Å²) < 4.78 is 1.97. The Balaban J connectivity index is 0.00000420. The molecular formula is C22H43IN6. The summed E-state index contributed by atoms with van der Waals surface area (Å²) in [6.45, 7) is 16.8. The molecule has 168 valence electrons. The number of halogens is 1. The van der Waals surface area contributed by atoms with E-state index in [2.05, 4.69) is 67.2 Å². The highest BCUT2D eigenvalue weighted by atomic mass is 127. The molecule has 2 unspecified atom stereocenters. The van der Waals surface area contributed by atoms with Crippen LogP contribution in [0.3, 0.4) is 0 Å². The average molecular weight is 519 g/mol. The number of aliphatic imine (C=N–C) groups is 1. The van der Waals surface area contributed by atoms with E-state index in [1.54, 1.807) is 0 Å². The predicted octanol–water partition coefficient (Wildman–Crippen LogP) is 3.51. The van der Waals surface area contributed by atoms with Gasteiger partial charge in [0, 0.05) is 38.4 Å². The summed E-state index contributed by atoms with van der Waals surface area (Å²) in [4.78, 5) is 7.13. The summed E-state index contributed by atoms with van der Waals surface area (Å²) >= 11 is 0. The number of nitrogens with one attached hydrogen (secondary N) is 2. The zero-order valence-electron chi connectivity index (χ0n) is 19.7. The second kappa shape index (κ2) is 12.1. The molecule has 1 aliphatic rings. The number of piperidine rings is 1. The van der Waals surface area contributed by atoms with Crippen molar-refractivity contribution in [1.29, 1.82) is 0 Å². The number of rotatable bonds is 7. The van der Waals surface area contributed by atoms with E-state index >= 15 is 0 Å². The Kier molecular flexibility index (Phi) is 11.0. The molecule has 0 aromatic carbocycles. The zero-order chi connectivity index (χ0) is 20.8. The van der Waals surface area contributed by atoms with Gasteiger partial charge in [0.2, 0.25) is 0 Å². The summed E-state index contributed by atoms with van der Waals surface area (Å²) in [6, 6.07) is 0.838. The van der Waals surface area contributed by atoms with E-state index in [1.807, 2.05) is 18.8 Å². The van der Waals surface area contributed by atoms with Crippen LogP contribution in [0.15, 0.2) is 4.99 Å². The van der Waals surface area contributed by atoms with Gasteiger partial charge >= 0.3 is 0 Å². The summed E-state index contributed by atoms with van der Waals surface area (Å²) in [5, 5.41) is 11.7. The monoisotopic (exact) mass is 518 g/mol. The number of hydrogen-bond donors (Lipinski definition) is 2. The van der Waals surface area contributed by atoms with Crippen molar-refractivity contribution < 1.29 is 0 Å². The number of aromatic nitrogens is 2. The Morgan fingerprint density at radius 2 is 1.83 bits per heavy atom. The van der Waals surface area contributed by atoms with Crippen LogP contribution >= 0.6 is 24.0 Å². The molecule has 2 N–H and O–H groups in total. The molecule has 1 fully saturated rings. The predicted molar refractivity (Wildman–Crippen MR) is 134 cm³/mol. The van der Waals surface area contributed by atoms with Gasteiger partial charge in [0.15, 0.2) is 5.96 Å². The Bertz CT molecular complexity index is 646. The van der Waals surface area contributed by atoms with Gasteiger partial charge in [0.05, 0.1) is 5.69 Å². The van der Waals surface area contributed by atoms with Crippen LogP contribution in [0.25, 0.3) is 0 Å². The maximum Gasteiger partial charge on any atom is 0.191 e. The third-order valence-corrected chi connectivity index (χ3v) is 6.31. The Morgan fingerprint density at radius 3 is 2.31 bits per heavy atom. The molecule has 2 heterocycles. The summed E-state index contributed by atoms with van der Waals surface area (Å²) in [5.41, 5.74) is 3.70. The standard InChI is InChI=1S/C22H42N6.HI/c1-15(2)21(28-11-9-16(3)10-12-28)14-24-22(23-7)25-17(4)13-20-18(5)26-27(8)19(20)6;/h15-17,21H,9-14H2,1-8H3,(H2,23,24,25);1H. The molecule has 2 rings (SSSR count). The highest BCUT2D eigenvalue weighted by Crippen LogP contribution is 2.21. The SMILES string of the molecule is CN=C(NCC(C(C)C)N1CCC(C)CC1)NC(C)Cc1c(C)nn(C)c1C.I. The van der Waals surface area contributed by atoms with Gasteiger partial charge < -0.3 is 10.6 Å². The minimum absolute atomic E-state index is 0. The molecule has 0 amide bonds. The van der Waals surface area contributed by atoms with E-state index in [0.29, 0.717) is 18.0 Å². The number of nitrogens with zero attached hydrogens (tertiary/aromatic N) is 4. The first-order valence-corrected chi connectivity index (χ1v) is 10.9. The van der Waals surface area contributed by atoms with Crippen molar-refractivity contribution in [2.24, 2.45) is 23.9 Å². The lowest BCUT2D eigenvalue weighted by Gasteiger charge is -2.39.